The summed E-state index contributed by atoms with van der Waals surface area (Å²) in [6.45, 7) is 17.0. The molecule has 0 aliphatic carbocycles. The van der Waals surface area contributed by atoms with E-state index in [-0.39, 0.29) is 0 Å². The maximum Gasteiger partial charge on any atom is 0.195 e. The van der Waals surface area contributed by atoms with Gasteiger partial charge in [-0.05, 0) is 164 Å². The van der Waals surface area contributed by atoms with E-state index < -0.39 is 0 Å². The molecule has 0 saturated carbocycles. The summed E-state index contributed by atoms with van der Waals surface area (Å²) in [4.78, 5) is 8.39. The third kappa shape index (κ3) is 9.19. The first-order valence-corrected chi connectivity index (χ1v) is 20.8. The number of anilines is 6. The summed E-state index contributed by atoms with van der Waals surface area (Å²) in [5, 5.41) is 11.8. The van der Waals surface area contributed by atoms with Gasteiger partial charge >= 0.3 is 0 Å². The van der Waals surface area contributed by atoms with E-state index in [9.17, 15) is 5.26 Å². The summed E-state index contributed by atoms with van der Waals surface area (Å²) in [5.41, 5.74) is 14.8. The normalized spacial score (nSPS) is 11.1. The molecule has 62 heavy (non-hydrogen) atoms. The molecule has 0 aliphatic rings. The molecule has 0 atom stereocenters. The molecule has 0 bridgehead atoms. The van der Waals surface area contributed by atoms with Crippen LogP contribution in [0.15, 0.2) is 170 Å². The van der Waals surface area contributed by atoms with Crippen molar-refractivity contribution in [2.24, 2.45) is 0 Å². The quantitative estimate of drug-likeness (QED) is 0.0912. The van der Waals surface area contributed by atoms with Gasteiger partial charge < -0.3 is 14.5 Å². The SMILES string of the molecule is [C-]#[N+]c1cc(/C=C\c2ccc(N(c3ccc(C)cc3)c3ccc(OCC)cc3)cc2)cc2c(C#N)cc(/C=C\c3ccc(N(c4ccc(C)cc4)c4ccc(C)cc4)cc3)cc12. The van der Waals surface area contributed by atoms with Crippen LogP contribution in [0.3, 0.4) is 0 Å². The highest BCUT2D eigenvalue weighted by Gasteiger charge is 2.15. The standard InChI is InChI=1S/C57H46N4O/c1-6-62-54-33-31-53(32-34-54)61(50-25-11-42(4)12-26-50)52-29-19-44(20-30-52)14-16-46-36-55-47(39-58)35-45(37-56(55)57(38-46)59-5)15-13-43-17-27-51(28-18-43)60(48-21-7-40(2)8-22-48)49-23-9-41(3)10-24-49/h7-38H,6H2,1-4H3/b15-13-,16-14-. The van der Waals surface area contributed by atoms with Gasteiger partial charge in [0.1, 0.15) is 5.75 Å². The Labute approximate surface area is 365 Å². The Balaban J connectivity index is 1.03. The van der Waals surface area contributed by atoms with Gasteiger partial charge in [-0.25, -0.2) is 4.85 Å². The number of nitrogens with zero attached hydrogens (tertiary/aromatic N) is 4. The van der Waals surface area contributed by atoms with Gasteiger partial charge in [0, 0.05) is 34.1 Å². The van der Waals surface area contributed by atoms with Gasteiger partial charge in [-0.15, -0.1) is 0 Å². The molecule has 300 valence electrons. The van der Waals surface area contributed by atoms with Crippen LogP contribution < -0.4 is 14.5 Å². The molecule has 5 nitrogen and oxygen atoms in total. The molecule has 0 fully saturated rings. The monoisotopic (exact) mass is 802 g/mol. The Morgan fingerprint density at radius 2 is 0.839 bits per heavy atom. The van der Waals surface area contributed by atoms with E-state index in [0.29, 0.717) is 17.9 Å². The zero-order chi connectivity index (χ0) is 43.0. The molecule has 0 saturated heterocycles. The molecular weight excluding hydrogens is 757 g/mol. The molecule has 0 heterocycles. The van der Waals surface area contributed by atoms with Gasteiger partial charge in [0.25, 0.3) is 0 Å². The minimum absolute atomic E-state index is 0.505. The average Bonchev–Trinajstić information content (AvgIpc) is 3.30. The maximum atomic E-state index is 10.3. The number of rotatable bonds is 12. The highest BCUT2D eigenvalue weighted by Crippen LogP contribution is 2.38. The predicted molar refractivity (Wildman–Crippen MR) is 260 cm³/mol. The van der Waals surface area contributed by atoms with Crippen LogP contribution in [0.4, 0.5) is 39.8 Å². The van der Waals surface area contributed by atoms with Crippen LogP contribution in [0, 0.1) is 38.7 Å². The highest BCUT2D eigenvalue weighted by molar-refractivity contribution is 6.01. The second-order valence-corrected chi connectivity index (χ2v) is 15.4. The Morgan fingerprint density at radius 3 is 1.23 bits per heavy atom. The molecule has 8 aromatic rings. The van der Waals surface area contributed by atoms with Crippen molar-refractivity contribution in [2.45, 2.75) is 27.7 Å². The van der Waals surface area contributed by atoms with Crippen LogP contribution in [0.2, 0.25) is 0 Å². The largest absolute Gasteiger partial charge is 0.494 e. The Morgan fingerprint density at radius 1 is 0.484 bits per heavy atom. The number of ether oxygens (including phenoxy) is 1. The summed E-state index contributed by atoms with van der Waals surface area (Å²) in [7, 11) is 0. The van der Waals surface area contributed by atoms with Crippen molar-refractivity contribution >= 4 is 74.9 Å². The molecular formula is C57H46N4O. The van der Waals surface area contributed by atoms with Crippen LogP contribution in [-0.4, -0.2) is 6.61 Å². The van der Waals surface area contributed by atoms with E-state index in [2.05, 4.69) is 175 Å². The molecule has 0 aliphatic heterocycles. The number of nitriles is 1. The summed E-state index contributed by atoms with van der Waals surface area (Å²) in [6.07, 6.45) is 8.10. The first-order chi connectivity index (χ1) is 30.3. The third-order valence-corrected chi connectivity index (χ3v) is 10.9. The minimum Gasteiger partial charge on any atom is -0.494 e. The van der Waals surface area contributed by atoms with E-state index >= 15 is 0 Å². The molecule has 0 amide bonds. The first-order valence-electron chi connectivity index (χ1n) is 20.8. The van der Waals surface area contributed by atoms with E-state index in [1.54, 1.807) is 0 Å². The lowest BCUT2D eigenvalue weighted by Gasteiger charge is -2.26. The summed E-state index contributed by atoms with van der Waals surface area (Å²) < 4.78 is 5.70. The molecule has 0 N–H and O–H groups in total. The number of aryl methyl sites for hydroxylation is 3. The van der Waals surface area contributed by atoms with Gasteiger partial charge in [-0.2, -0.15) is 5.26 Å². The fourth-order valence-electron chi connectivity index (χ4n) is 7.55. The zero-order valence-corrected chi connectivity index (χ0v) is 35.4. The molecule has 0 spiro atoms. The van der Waals surface area contributed by atoms with Crippen molar-refractivity contribution in [1.82, 2.24) is 0 Å². The highest BCUT2D eigenvalue weighted by atomic mass is 16.5. The second-order valence-electron chi connectivity index (χ2n) is 15.4. The summed E-state index contributed by atoms with van der Waals surface area (Å²) in [5.74, 6) is 0.841. The van der Waals surface area contributed by atoms with Gasteiger partial charge in [-0.3, -0.25) is 0 Å². The molecule has 0 radical (unpaired) electrons. The zero-order valence-electron chi connectivity index (χ0n) is 35.4. The van der Waals surface area contributed by atoms with Crippen LogP contribution in [-0.2, 0) is 0 Å². The number of benzene rings is 8. The average molecular weight is 803 g/mol. The van der Waals surface area contributed by atoms with E-state index in [0.717, 1.165) is 72.9 Å². The van der Waals surface area contributed by atoms with Crippen molar-refractivity contribution in [1.29, 1.82) is 5.26 Å². The lowest BCUT2D eigenvalue weighted by Crippen LogP contribution is -2.09. The Kier molecular flexibility index (Phi) is 12.1. The Bertz CT molecular complexity index is 2920. The predicted octanol–water partition coefficient (Wildman–Crippen LogP) is 15.9. The molecule has 8 aromatic carbocycles. The van der Waals surface area contributed by atoms with Gasteiger partial charge in [0.15, 0.2) is 5.69 Å². The molecule has 8 rings (SSSR count). The lowest BCUT2D eigenvalue weighted by molar-refractivity contribution is 0.340. The van der Waals surface area contributed by atoms with Crippen molar-refractivity contribution < 1.29 is 4.74 Å². The summed E-state index contributed by atoms with van der Waals surface area (Å²) in [6, 6.07) is 60.9. The fraction of sp³-hybridized carbons (Fsp3) is 0.0877. The van der Waals surface area contributed by atoms with Gasteiger partial charge in [0.05, 0.1) is 24.8 Å². The number of fused-ring (bicyclic) bond motifs is 1. The number of hydrogen-bond donors (Lipinski definition) is 0. The third-order valence-electron chi connectivity index (χ3n) is 10.9. The minimum atomic E-state index is 0.505. The number of hydrogen-bond acceptors (Lipinski definition) is 4. The van der Waals surface area contributed by atoms with Crippen molar-refractivity contribution in [3.63, 3.8) is 0 Å². The maximum absolute atomic E-state index is 10.3. The van der Waals surface area contributed by atoms with Crippen molar-refractivity contribution in [3.8, 4) is 11.8 Å². The van der Waals surface area contributed by atoms with Crippen molar-refractivity contribution in [2.75, 3.05) is 16.4 Å². The fourth-order valence-corrected chi connectivity index (χ4v) is 7.55. The molecule has 5 heteroatoms. The second kappa shape index (κ2) is 18.4. The van der Waals surface area contributed by atoms with Crippen LogP contribution in [0.25, 0.3) is 39.9 Å². The topological polar surface area (TPSA) is 43.9 Å². The Hall–Kier alpha value is -8.12. The van der Waals surface area contributed by atoms with Gasteiger partial charge in [-0.1, -0.05) is 108 Å². The van der Waals surface area contributed by atoms with E-state index in [1.807, 2.05) is 67.6 Å². The van der Waals surface area contributed by atoms with Crippen LogP contribution >= 0.6 is 0 Å². The van der Waals surface area contributed by atoms with Gasteiger partial charge in [0.2, 0.25) is 0 Å². The molecule has 0 unspecified atom stereocenters. The summed E-state index contributed by atoms with van der Waals surface area (Å²) >= 11 is 0. The van der Waals surface area contributed by atoms with Crippen LogP contribution in [0.5, 0.6) is 5.75 Å². The first kappa shape index (κ1) is 40.7. The van der Waals surface area contributed by atoms with Crippen LogP contribution in [0.1, 0.15) is 51.4 Å². The van der Waals surface area contributed by atoms with E-state index in [1.165, 1.54) is 16.7 Å². The molecule has 0 aromatic heterocycles. The smallest absolute Gasteiger partial charge is 0.195 e. The van der Waals surface area contributed by atoms with Crippen molar-refractivity contribution in [3.05, 3.63) is 226 Å². The lowest BCUT2D eigenvalue weighted by atomic mass is 9.97. The van der Waals surface area contributed by atoms with E-state index in [4.69, 9.17) is 11.3 Å².